The molecule has 0 aromatic heterocycles. The number of methoxy groups -OCH3 is 1. The number of carbonyl (C=O) groups is 2. The van der Waals surface area contributed by atoms with Crippen LogP contribution in [0.4, 0.5) is 15.8 Å². The molecule has 1 aliphatic rings. The zero-order valence-corrected chi connectivity index (χ0v) is 19.4. The molecular formula is C26H24FN3O3S. The molecule has 34 heavy (non-hydrogen) atoms. The molecule has 3 aromatic carbocycles. The van der Waals surface area contributed by atoms with Crippen molar-refractivity contribution in [3.63, 3.8) is 0 Å². The van der Waals surface area contributed by atoms with Crippen molar-refractivity contribution in [2.75, 3.05) is 23.9 Å². The Kier molecular flexibility index (Phi) is 7.18. The van der Waals surface area contributed by atoms with Gasteiger partial charge in [0, 0.05) is 12.2 Å². The molecule has 0 aliphatic carbocycles. The van der Waals surface area contributed by atoms with E-state index in [1.54, 1.807) is 48.4 Å². The Hall–Kier alpha value is -3.78. The van der Waals surface area contributed by atoms with Gasteiger partial charge in [-0.05, 0) is 72.7 Å². The number of nitrogens with one attached hydrogen (secondary N) is 1. The Morgan fingerprint density at radius 3 is 2.38 bits per heavy atom. The molecule has 1 aliphatic heterocycles. The first-order valence-corrected chi connectivity index (χ1v) is 11.2. The van der Waals surface area contributed by atoms with Gasteiger partial charge in [-0.3, -0.25) is 9.59 Å². The maximum atomic E-state index is 13.4. The second-order valence-electron chi connectivity index (χ2n) is 7.85. The van der Waals surface area contributed by atoms with Gasteiger partial charge in [0.25, 0.3) is 5.91 Å². The molecule has 1 fully saturated rings. The van der Waals surface area contributed by atoms with Crippen LogP contribution in [0.1, 0.15) is 12.0 Å². The number of nitrogens with zero attached hydrogens (tertiary/aromatic N) is 2. The summed E-state index contributed by atoms with van der Waals surface area (Å²) in [4.78, 5) is 29.2. The van der Waals surface area contributed by atoms with Crippen LogP contribution in [0, 0.1) is 5.82 Å². The van der Waals surface area contributed by atoms with Crippen LogP contribution in [0.5, 0.6) is 5.75 Å². The standard InChI is InChI=1S/C26H24FN3O3S/c1-33-22-13-11-21(12-14-22)30-24(31)17-23(25(30)32)29(16-15-18-5-3-2-4-6-18)26(34)28-20-9-7-19(27)8-10-20/h2-14,23H,15-17H2,1H3,(H,28,34)/t23-/m0/s1. The number of imide groups is 1. The van der Waals surface area contributed by atoms with Crippen LogP contribution >= 0.6 is 12.2 Å². The fraction of sp³-hybridized carbons (Fsp3) is 0.192. The van der Waals surface area contributed by atoms with Gasteiger partial charge in [-0.15, -0.1) is 0 Å². The summed E-state index contributed by atoms with van der Waals surface area (Å²) in [5, 5.41) is 3.38. The molecule has 2 amide bonds. The van der Waals surface area contributed by atoms with E-state index in [0.29, 0.717) is 35.2 Å². The summed E-state index contributed by atoms with van der Waals surface area (Å²) >= 11 is 5.64. The van der Waals surface area contributed by atoms with Gasteiger partial charge in [0.1, 0.15) is 17.6 Å². The molecular weight excluding hydrogens is 453 g/mol. The summed E-state index contributed by atoms with van der Waals surface area (Å²) in [6.45, 7) is 0.428. The highest BCUT2D eigenvalue weighted by molar-refractivity contribution is 7.80. The third kappa shape index (κ3) is 5.23. The zero-order chi connectivity index (χ0) is 24.1. The average Bonchev–Trinajstić information content (AvgIpc) is 3.15. The number of benzene rings is 3. The van der Waals surface area contributed by atoms with E-state index in [1.165, 1.54) is 17.0 Å². The van der Waals surface area contributed by atoms with Crippen molar-refractivity contribution in [3.8, 4) is 5.75 Å². The van der Waals surface area contributed by atoms with Crippen molar-refractivity contribution in [2.24, 2.45) is 0 Å². The largest absolute Gasteiger partial charge is 0.497 e. The van der Waals surface area contributed by atoms with Gasteiger partial charge in [0.2, 0.25) is 5.91 Å². The van der Waals surface area contributed by atoms with Crippen molar-refractivity contribution in [2.45, 2.75) is 18.9 Å². The lowest BCUT2D eigenvalue weighted by molar-refractivity contribution is -0.122. The smallest absolute Gasteiger partial charge is 0.257 e. The summed E-state index contributed by atoms with van der Waals surface area (Å²) in [6, 6.07) is 21.7. The van der Waals surface area contributed by atoms with E-state index in [1.807, 2.05) is 30.3 Å². The van der Waals surface area contributed by atoms with Crippen LogP contribution in [-0.2, 0) is 16.0 Å². The molecule has 0 spiro atoms. The average molecular weight is 478 g/mol. The van der Waals surface area contributed by atoms with Crippen LogP contribution in [0.25, 0.3) is 0 Å². The monoisotopic (exact) mass is 477 g/mol. The van der Waals surface area contributed by atoms with Gasteiger partial charge < -0.3 is 15.0 Å². The molecule has 1 N–H and O–H groups in total. The molecule has 0 bridgehead atoms. The molecule has 1 saturated heterocycles. The Bertz CT molecular complexity index is 1170. The number of rotatable bonds is 7. The van der Waals surface area contributed by atoms with E-state index in [2.05, 4.69) is 5.32 Å². The normalized spacial score (nSPS) is 15.4. The van der Waals surface area contributed by atoms with Crippen LogP contribution in [-0.4, -0.2) is 41.5 Å². The van der Waals surface area contributed by atoms with E-state index in [9.17, 15) is 14.0 Å². The molecule has 174 valence electrons. The first-order chi connectivity index (χ1) is 16.5. The lowest BCUT2D eigenvalue weighted by Gasteiger charge is -2.30. The molecule has 0 saturated carbocycles. The summed E-state index contributed by atoms with van der Waals surface area (Å²) < 4.78 is 18.5. The van der Waals surface area contributed by atoms with E-state index in [0.717, 1.165) is 5.56 Å². The number of carbonyl (C=O) groups excluding carboxylic acids is 2. The van der Waals surface area contributed by atoms with Gasteiger partial charge >= 0.3 is 0 Å². The molecule has 1 heterocycles. The van der Waals surface area contributed by atoms with Crippen molar-refractivity contribution < 1.29 is 18.7 Å². The lowest BCUT2D eigenvalue weighted by Crippen LogP contribution is -2.48. The quantitative estimate of drug-likeness (QED) is 0.402. The summed E-state index contributed by atoms with van der Waals surface area (Å²) in [6.07, 6.45) is 0.636. The van der Waals surface area contributed by atoms with Gasteiger partial charge in [-0.2, -0.15) is 0 Å². The van der Waals surface area contributed by atoms with Crippen molar-refractivity contribution in [1.82, 2.24) is 4.90 Å². The van der Waals surface area contributed by atoms with Gasteiger partial charge in [-0.25, -0.2) is 9.29 Å². The second-order valence-corrected chi connectivity index (χ2v) is 8.24. The van der Waals surface area contributed by atoms with Gasteiger partial charge in [0.15, 0.2) is 5.11 Å². The maximum Gasteiger partial charge on any atom is 0.257 e. The van der Waals surface area contributed by atoms with Crippen molar-refractivity contribution in [1.29, 1.82) is 0 Å². The number of amides is 2. The third-order valence-electron chi connectivity index (χ3n) is 5.67. The topological polar surface area (TPSA) is 61.9 Å². The Morgan fingerprint density at radius 1 is 1.06 bits per heavy atom. The van der Waals surface area contributed by atoms with Crippen LogP contribution in [0.15, 0.2) is 78.9 Å². The number of thiocarbonyl (C=S) groups is 1. The van der Waals surface area contributed by atoms with Crippen LogP contribution < -0.4 is 15.0 Å². The molecule has 8 heteroatoms. The summed E-state index contributed by atoms with van der Waals surface area (Å²) in [5.41, 5.74) is 2.17. The van der Waals surface area contributed by atoms with E-state index in [4.69, 9.17) is 17.0 Å². The van der Waals surface area contributed by atoms with Crippen molar-refractivity contribution in [3.05, 3.63) is 90.2 Å². The number of hydrogen-bond donors (Lipinski definition) is 1. The predicted molar refractivity (Wildman–Crippen MR) is 133 cm³/mol. The number of hydrogen-bond acceptors (Lipinski definition) is 4. The lowest BCUT2D eigenvalue weighted by atomic mass is 10.1. The third-order valence-corrected chi connectivity index (χ3v) is 6.01. The molecule has 0 radical (unpaired) electrons. The van der Waals surface area contributed by atoms with Gasteiger partial charge in [-0.1, -0.05) is 30.3 Å². The Balaban J connectivity index is 1.57. The minimum atomic E-state index is -0.751. The first-order valence-electron chi connectivity index (χ1n) is 10.8. The second kappa shape index (κ2) is 10.4. The molecule has 4 rings (SSSR count). The Morgan fingerprint density at radius 2 is 1.74 bits per heavy atom. The molecule has 3 aromatic rings. The van der Waals surface area contributed by atoms with Crippen LogP contribution in [0.3, 0.4) is 0 Å². The SMILES string of the molecule is COc1ccc(N2C(=O)C[C@H](N(CCc3ccccc3)C(=S)Nc3ccc(F)cc3)C2=O)cc1. The highest BCUT2D eigenvalue weighted by Gasteiger charge is 2.43. The van der Waals surface area contributed by atoms with Gasteiger partial charge in [0.05, 0.1) is 19.2 Å². The summed E-state index contributed by atoms with van der Waals surface area (Å²) in [5.74, 6) is -0.362. The predicted octanol–water partition coefficient (Wildman–Crippen LogP) is 4.41. The highest BCUT2D eigenvalue weighted by Crippen LogP contribution is 2.28. The first kappa shape index (κ1) is 23.4. The number of anilines is 2. The Labute approximate surface area is 202 Å². The van der Waals surface area contributed by atoms with Crippen molar-refractivity contribution >= 4 is 40.5 Å². The van der Waals surface area contributed by atoms with E-state index in [-0.39, 0.29) is 24.1 Å². The van der Waals surface area contributed by atoms with E-state index >= 15 is 0 Å². The number of ether oxygens (including phenoxy) is 1. The fourth-order valence-electron chi connectivity index (χ4n) is 3.88. The molecule has 6 nitrogen and oxygen atoms in total. The number of halogens is 1. The highest BCUT2D eigenvalue weighted by atomic mass is 32.1. The maximum absolute atomic E-state index is 13.4. The van der Waals surface area contributed by atoms with Crippen LogP contribution in [0.2, 0.25) is 0 Å². The molecule has 0 unspecified atom stereocenters. The zero-order valence-electron chi connectivity index (χ0n) is 18.6. The van der Waals surface area contributed by atoms with E-state index < -0.39 is 6.04 Å². The molecule has 1 atom stereocenters. The minimum absolute atomic E-state index is 0.00485. The fourth-order valence-corrected chi connectivity index (χ4v) is 4.22. The summed E-state index contributed by atoms with van der Waals surface area (Å²) in [7, 11) is 1.55. The minimum Gasteiger partial charge on any atom is -0.497 e.